The smallest absolute Gasteiger partial charge is 0.254 e. The first-order chi connectivity index (χ1) is 11.0. The van der Waals surface area contributed by atoms with Crippen LogP contribution in [0, 0.1) is 0 Å². The molecule has 7 heteroatoms. The topological polar surface area (TPSA) is 73.2 Å². The number of hydrogen-bond donors (Lipinski definition) is 1. The number of amides is 1. The molecule has 0 bridgehead atoms. The molecule has 0 fully saturated rings. The summed E-state index contributed by atoms with van der Waals surface area (Å²) in [6.45, 7) is 7.20. The molecule has 1 amide bonds. The summed E-state index contributed by atoms with van der Waals surface area (Å²) in [5.41, 5.74) is 0.754. The van der Waals surface area contributed by atoms with Crippen LogP contribution in [0.3, 0.4) is 0 Å². The van der Waals surface area contributed by atoms with Gasteiger partial charge in [0.05, 0.1) is 12.1 Å². The van der Waals surface area contributed by atoms with E-state index in [0.717, 1.165) is 29.4 Å². The highest BCUT2D eigenvalue weighted by Crippen LogP contribution is 2.31. The van der Waals surface area contributed by atoms with Gasteiger partial charge in [-0.2, -0.15) is 0 Å². The van der Waals surface area contributed by atoms with Crippen LogP contribution in [-0.4, -0.2) is 40.5 Å². The molecule has 0 saturated heterocycles. The molecule has 0 aromatic carbocycles. The summed E-state index contributed by atoms with van der Waals surface area (Å²) in [5, 5.41) is 3.63. The van der Waals surface area contributed by atoms with Gasteiger partial charge in [0.2, 0.25) is 5.91 Å². The maximum atomic E-state index is 12.2. The number of aromatic nitrogens is 2. The summed E-state index contributed by atoms with van der Waals surface area (Å²) < 4.78 is 7.09. The number of fused-ring (bicyclic) bond motifs is 1. The average Bonchev–Trinajstić information content (AvgIpc) is 2.89. The van der Waals surface area contributed by atoms with Crippen molar-refractivity contribution in [2.24, 2.45) is 0 Å². The third kappa shape index (κ3) is 5.07. The quantitative estimate of drug-likeness (QED) is 0.577. The molecular weight excluding hydrogens is 314 g/mol. The Kier molecular flexibility index (Phi) is 6.65. The second kappa shape index (κ2) is 8.49. The minimum atomic E-state index is -0.104. The van der Waals surface area contributed by atoms with Crippen LogP contribution in [0.5, 0.6) is 0 Å². The van der Waals surface area contributed by atoms with E-state index in [1.54, 1.807) is 22.4 Å². The zero-order valence-electron chi connectivity index (χ0n) is 14.0. The number of carbonyl (C=O) groups is 1. The molecular formula is C16H25N3O3S. The zero-order valence-corrected chi connectivity index (χ0v) is 14.8. The van der Waals surface area contributed by atoms with Gasteiger partial charge in [0.15, 0.2) is 5.16 Å². The van der Waals surface area contributed by atoms with Gasteiger partial charge in [-0.05, 0) is 26.7 Å². The Balaban J connectivity index is 1.84. The van der Waals surface area contributed by atoms with Crippen molar-refractivity contribution in [3.63, 3.8) is 0 Å². The minimum Gasteiger partial charge on any atom is -0.379 e. The number of aryl methyl sites for hydroxylation is 1. The molecule has 23 heavy (non-hydrogen) atoms. The van der Waals surface area contributed by atoms with Gasteiger partial charge in [0.1, 0.15) is 0 Å². The lowest BCUT2D eigenvalue weighted by Gasteiger charge is -2.13. The first kappa shape index (κ1) is 18.0. The van der Waals surface area contributed by atoms with E-state index in [4.69, 9.17) is 4.74 Å². The summed E-state index contributed by atoms with van der Waals surface area (Å²) in [6.07, 6.45) is 2.07. The molecule has 1 unspecified atom stereocenters. The third-order valence-electron chi connectivity index (χ3n) is 3.62. The first-order valence-electron chi connectivity index (χ1n) is 8.14. The summed E-state index contributed by atoms with van der Waals surface area (Å²) >= 11 is 1.55. The summed E-state index contributed by atoms with van der Waals surface area (Å²) in [6, 6.07) is 1.47. The molecule has 1 aliphatic rings. The van der Waals surface area contributed by atoms with Crippen molar-refractivity contribution < 1.29 is 9.53 Å². The van der Waals surface area contributed by atoms with E-state index in [0.29, 0.717) is 19.6 Å². The van der Waals surface area contributed by atoms with Crippen molar-refractivity contribution in [3.05, 3.63) is 22.1 Å². The molecule has 2 heterocycles. The Morgan fingerprint density at radius 2 is 2.35 bits per heavy atom. The predicted molar refractivity (Wildman–Crippen MR) is 91.0 cm³/mol. The largest absolute Gasteiger partial charge is 0.379 e. The lowest BCUT2D eigenvalue weighted by Crippen LogP contribution is -2.31. The number of nitrogens with one attached hydrogen (secondary N) is 1. The van der Waals surface area contributed by atoms with Gasteiger partial charge in [0, 0.05) is 37.1 Å². The van der Waals surface area contributed by atoms with Crippen molar-refractivity contribution in [3.8, 4) is 0 Å². The lowest BCUT2D eigenvalue weighted by atomic mass is 10.2. The van der Waals surface area contributed by atoms with Gasteiger partial charge in [0.25, 0.3) is 5.56 Å². The standard InChI is InChI=1S/C16H25N3O3S/c1-4-12-8-15(21)19-13(10-23-16(19)18-12)9-14(20)17-6-5-7-22-11(2)3/h8,11,13H,4-7,9-10H2,1-3H3,(H,17,20). The average molecular weight is 339 g/mol. The molecule has 1 atom stereocenters. The Morgan fingerprint density at radius 3 is 3.04 bits per heavy atom. The van der Waals surface area contributed by atoms with E-state index in [1.165, 1.54) is 0 Å². The first-order valence-corrected chi connectivity index (χ1v) is 9.13. The van der Waals surface area contributed by atoms with Crippen LogP contribution >= 0.6 is 11.8 Å². The van der Waals surface area contributed by atoms with Gasteiger partial charge >= 0.3 is 0 Å². The van der Waals surface area contributed by atoms with Gasteiger partial charge in [-0.25, -0.2) is 4.98 Å². The number of ether oxygens (including phenoxy) is 1. The number of thioether (sulfide) groups is 1. The van der Waals surface area contributed by atoms with Crippen molar-refractivity contribution in [2.45, 2.75) is 57.3 Å². The minimum absolute atomic E-state index is 0.0283. The molecule has 0 aliphatic carbocycles. The van der Waals surface area contributed by atoms with Gasteiger partial charge in [-0.1, -0.05) is 18.7 Å². The van der Waals surface area contributed by atoms with Gasteiger partial charge in [-0.3, -0.25) is 14.2 Å². The zero-order chi connectivity index (χ0) is 16.8. The van der Waals surface area contributed by atoms with Crippen LogP contribution < -0.4 is 10.9 Å². The van der Waals surface area contributed by atoms with Crippen LogP contribution in [-0.2, 0) is 16.0 Å². The molecule has 0 radical (unpaired) electrons. The van der Waals surface area contributed by atoms with Crippen LogP contribution in [0.15, 0.2) is 16.0 Å². The van der Waals surface area contributed by atoms with Crippen LogP contribution in [0.25, 0.3) is 0 Å². The second-order valence-corrected chi connectivity index (χ2v) is 6.87. The number of nitrogens with zero attached hydrogens (tertiary/aromatic N) is 2. The Bertz CT molecular complexity index is 601. The van der Waals surface area contributed by atoms with E-state index in [2.05, 4.69) is 10.3 Å². The maximum absolute atomic E-state index is 12.2. The molecule has 128 valence electrons. The molecule has 1 aliphatic heterocycles. The van der Waals surface area contributed by atoms with Crippen molar-refractivity contribution in [2.75, 3.05) is 18.9 Å². The van der Waals surface area contributed by atoms with E-state index in [1.807, 2.05) is 20.8 Å². The van der Waals surface area contributed by atoms with Crippen molar-refractivity contribution in [1.82, 2.24) is 14.9 Å². The predicted octanol–water partition coefficient (Wildman–Crippen LogP) is 1.77. The number of rotatable bonds is 8. The van der Waals surface area contributed by atoms with E-state index in [-0.39, 0.29) is 23.6 Å². The second-order valence-electron chi connectivity index (χ2n) is 5.88. The fraction of sp³-hybridized carbons (Fsp3) is 0.688. The summed E-state index contributed by atoms with van der Waals surface area (Å²) in [5.74, 6) is 0.693. The van der Waals surface area contributed by atoms with Crippen molar-refractivity contribution >= 4 is 17.7 Å². The molecule has 0 spiro atoms. The van der Waals surface area contributed by atoms with E-state index in [9.17, 15) is 9.59 Å². The molecule has 6 nitrogen and oxygen atoms in total. The van der Waals surface area contributed by atoms with E-state index < -0.39 is 0 Å². The molecule has 1 aromatic heterocycles. The SMILES string of the molecule is CCc1cc(=O)n2c(n1)SCC2CC(=O)NCCCOC(C)C. The maximum Gasteiger partial charge on any atom is 0.254 e. The monoisotopic (exact) mass is 339 g/mol. The van der Waals surface area contributed by atoms with Crippen LogP contribution in [0.4, 0.5) is 0 Å². The lowest BCUT2D eigenvalue weighted by molar-refractivity contribution is -0.121. The summed E-state index contributed by atoms with van der Waals surface area (Å²) in [7, 11) is 0. The molecule has 1 N–H and O–H groups in total. The fourth-order valence-electron chi connectivity index (χ4n) is 2.44. The third-order valence-corrected chi connectivity index (χ3v) is 4.72. The Hall–Kier alpha value is -1.34. The van der Waals surface area contributed by atoms with E-state index >= 15 is 0 Å². The number of hydrogen-bond acceptors (Lipinski definition) is 5. The number of carbonyl (C=O) groups excluding carboxylic acids is 1. The van der Waals surface area contributed by atoms with Gasteiger partial charge in [-0.15, -0.1) is 0 Å². The van der Waals surface area contributed by atoms with Crippen molar-refractivity contribution in [1.29, 1.82) is 0 Å². The van der Waals surface area contributed by atoms with Crippen LogP contribution in [0.1, 0.15) is 45.3 Å². The Morgan fingerprint density at radius 1 is 1.57 bits per heavy atom. The fourth-order valence-corrected chi connectivity index (χ4v) is 3.60. The van der Waals surface area contributed by atoms with Gasteiger partial charge < -0.3 is 10.1 Å². The molecule has 1 aromatic rings. The highest BCUT2D eigenvalue weighted by atomic mass is 32.2. The Labute approximate surface area is 141 Å². The normalized spacial score (nSPS) is 16.6. The molecule has 2 rings (SSSR count). The molecule has 0 saturated carbocycles. The highest BCUT2D eigenvalue weighted by molar-refractivity contribution is 7.99. The van der Waals surface area contributed by atoms with Crippen LogP contribution in [0.2, 0.25) is 0 Å². The highest BCUT2D eigenvalue weighted by Gasteiger charge is 2.27. The summed E-state index contributed by atoms with van der Waals surface area (Å²) in [4.78, 5) is 28.7.